The predicted octanol–water partition coefficient (Wildman–Crippen LogP) is 0.854. The number of carbonyl (C=O) groups excluding carboxylic acids is 3. The van der Waals surface area contributed by atoms with E-state index in [0.717, 1.165) is 12.1 Å². The van der Waals surface area contributed by atoms with Crippen molar-refractivity contribution in [2.75, 3.05) is 24.5 Å². The van der Waals surface area contributed by atoms with Crippen LogP contribution in [0.25, 0.3) is 0 Å². The molecule has 2 rings (SSSR count). The Morgan fingerprint density at radius 2 is 1.83 bits per heavy atom. The van der Waals surface area contributed by atoms with Gasteiger partial charge in [0.15, 0.2) is 0 Å². The van der Waals surface area contributed by atoms with Crippen LogP contribution >= 0.6 is 0 Å². The summed E-state index contributed by atoms with van der Waals surface area (Å²) in [5.74, 6) is -0.643. The van der Waals surface area contributed by atoms with Gasteiger partial charge in [0.1, 0.15) is 0 Å². The highest BCUT2D eigenvalue weighted by Gasteiger charge is 2.34. The van der Waals surface area contributed by atoms with Crippen LogP contribution in [0.4, 0.5) is 5.69 Å². The molecule has 6 nitrogen and oxygen atoms in total. The second kappa shape index (κ2) is 7.76. The Kier molecular flexibility index (Phi) is 5.73. The van der Waals surface area contributed by atoms with E-state index >= 15 is 0 Å². The summed E-state index contributed by atoms with van der Waals surface area (Å²) in [6, 6.07) is 7.86. The highest BCUT2D eigenvalue weighted by molar-refractivity contribution is 6.00. The van der Waals surface area contributed by atoms with Gasteiger partial charge in [-0.15, -0.1) is 0 Å². The first-order valence-corrected chi connectivity index (χ1v) is 7.92. The number of amides is 3. The number of nitrogens with one attached hydrogen (secondary N) is 2. The van der Waals surface area contributed by atoms with E-state index in [1.807, 2.05) is 24.3 Å². The van der Waals surface area contributed by atoms with Crippen LogP contribution in [0.2, 0.25) is 0 Å². The molecule has 1 saturated heterocycles. The molecule has 3 amide bonds. The number of aryl methyl sites for hydroxylation is 1. The van der Waals surface area contributed by atoms with E-state index in [1.165, 1.54) is 12.5 Å². The molecule has 0 bridgehead atoms. The lowest BCUT2D eigenvalue weighted by Crippen LogP contribution is -2.37. The van der Waals surface area contributed by atoms with E-state index in [1.54, 1.807) is 4.90 Å². The number of nitrogens with zero attached hydrogens (tertiary/aromatic N) is 1. The average molecular weight is 317 g/mol. The van der Waals surface area contributed by atoms with Crippen molar-refractivity contribution in [3.8, 4) is 0 Å². The van der Waals surface area contributed by atoms with Crippen molar-refractivity contribution < 1.29 is 14.4 Å². The Hall–Kier alpha value is -2.37. The van der Waals surface area contributed by atoms with E-state index in [4.69, 9.17) is 0 Å². The van der Waals surface area contributed by atoms with Crippen LogP contribution in [0.15, 0.2) is 24.3 Å². The molecule has 0 aromatic heterocycles. The minimum Gasteiger partial charge on any atom is -0.355 e. The normalized spacial score (nSPS) is 17.2. The molecule has 1 aromatic rings. The zero-order chi connectivity index (χ0) is 16.8. The second-order valence-corrected chi connectivity index (χ2v) is 5.70. The zero-order valence-corrected chi connectivity index (χ0v) is 13.6. The maximum absolute atomic E-state index is 12.2. The second-order valence-electron chi connectivity index (χ2n) is 5.70. The summed E-state index contributed by atoms with van der Waals surface area (Å²) in [6.45, 7) is 4.67. The largest absolute Gasteiger partial charge is 0.355 e. The summed E-state index contributed by atoms with van der Waals surface area (Å²) < 4.78 is 0. The molecular formula is C17H23N3O3. The van der Waals surface area contributed by atoms with Gasteiger partial charge in [-0.05, 0) is 24.1 Å². The van der Waals surface area contributed by atoms with Crippen molar-refractivity contribution in [3.05, 3.63) is 29.8 Å². The third-order valence-corrected chi connectivity index (χ3v) is 3.95. The molecule has 1 heterocycles. The van der Waals surface area contributed by atoms with Gasteiger partial charge in [-0.1, -0.05) is 19.1 Å². The third kappa shape index (κ3) is 4.55. The van der Waals surface area contributed by atoms with Crippen LogP contribution in [-0.4, -0.2) is 37.4 Å². The molecule has 0 radical (unpaired) electrons. The minimum absolute atomic E-state index is 0.0312. The molecule has 1 aliphatic rings. The Morgan fingerprint density at radius 3 is 2.43 bits per heavy atom. The van der Waals surface area contributed by atoms with Crippen molar-refractivity contribution >= 4 is 23.4 Å². The summed E-state index contributed by atoms with van der Waals surface area (Å²) in [5.41, 5.74) is 2.05. The predicted molar refractivity (Wildman–Crippen MR) is 88.0 cm³/mol. The molecule has 0 saturated carbocycles. The molecule has 2 N–H and O–H groups in total. The van der Waals surface area contributed by atoms with E-state index in [9.17, 15) is 14.4 Å². The van der Waals surface area contributed by atoms with Crippen LogP contribution in [0.3, 0.4) is 0 Å². The Labute approximate surface area is 136 Å². The lowest BCUT2D eigenvalue weighted by Gasteiger charge is -2.17. The van der Waals surface area contributed by atoms with E-state index < -0.39 is 0 Å². The molecule has 1 aromatic carbocycles. The summed E-state index contributed by atoms with van der Waals surface area (Å²) in [4.78, 5) is 36.7. The monoisotopic (exact) mass is 317 g/mol. The first kappa shape index (κ1) is 17.0. The highest BCUT2D eigenvalue weighted by atomic mass is 16.2. The molecule has 124 valence electrons. The van der Waals surface area contributed by atoms with Crippen LogP contribution in [0, 0.1) is 5.92 Å². The zero-order valence-electron chi connectivity index (χ0n) is 13.6. The van der Waals surface area contributed by atoms with Crippen molar-refractivity contribution in [2.24, 2.45) is 5.92 Å². The topological polar surface area (TPSA) is 78.5 Å². The minimum atomic E-state index is -0.342. The third-order valence-electron chi connectivity index (χ3n) is 3.95. The highest BCUT2D eigenvalue weighted by Crippen LogP contribution is 2.25. The van der Waals surface area contributed by atoms with Crippen molar-refractivity contribution in [3.63, 3.8) is 0 Å². The lowest BCUT2D eigenvalue weighted by atomic mass is 10.1. The van der Waals surface area contributed by atoms with Gasteiger partial charge in [-0.3, -0.25) is 14.4 Å². The number of benzene rings is 1. The molecule has 0 spiro atoms. The molecular weight excluding hydrogens is 294 g/mol. The molecule has 0 unspecified atom stereocenters. The maximum Gasteiger partial charge on any atom is 0.227 e. The standard InChI is InChI=1S/C17H23N3O3/c1-3-13-4-6-15(7-5-13)20-11-14(10-16(20)22)17(23)19-9-8-18-12(2)21/h4-7,14H,3,8-11H2,1-2H3,(H,18,21)(H,19,23)/t14-/m1/s1. The number of rotatable bonds is 6. The van der Waals surface area contributed by atoms with Gasteiger partial charge in [0.25, 0.3) is 0 Å². The first-order valence-electron chi connectivity index (χ1n) is 7.92. The maximum atomic E-state index is 12.2. The Balaban J connectivity index is 1.88. The summed E-state index contributed by atoms with van der Waals surface area (Å²) in [7, 11) is 0. The van der Waals surface area contributed by atoms with Gasteiger partial charge in [0.05, 0.1) is 5.92 Å². The first-order chi connectivity index (χ1) is 11.0. The van der Waals surface area contributed by atoms with Gasteiger partial charge in [0.2, 0.25) is 17.7 Å². The summed E-state index contributed by atoms with van der Waals surface area (Å²) >= 11 is 0. The molecule has 6 heteroatoms. The van der Waals surface area contributed by atoms with E-state index in [0.29, 0.717) is 19.6 Å². The quantitative estimate of drug-likeness (QED) is 0.764. The van der Waals surface area contributed by atoms with Gasteiger partial charge in [-0.25, -0.2) is 0 Å². The van der Waals surface area contributed by atoms with Crippen LogP contribution in [0.1, 0.15) is 25.8 Å². The van der Waals surface area contributed by atoms with Crippen molar-refractivity contribution in [2.45, 2.75) is 26.7 Å². The number of anilines is 1. The fourth-order valence-electron chi connectivity index (χ4n) is 2.61. The van der Waals surface area contributed by atoms with Crippen molar-refractivity contribution in [1.82, 2.24) is 10.6 Å². The Morgan fingerprint density at radius 1 is 1.17 bits per heavy atom. The smallest absolute Gasteiger partial charge is 0.227 e. The summed E-state index contributed by atoms with van der Waals surface area (Å²) in [5, 5.41) is 5.37. The van der Waals surface area contributed by atoms with Gasteiger partial charge < -0.3 is 15.5 Å². The fourth-order valence-corrected chi connectivity index (χ4v) is 2.61. The van der Waals surface area contributed by atoms with Crippen LogP contribution < -0.4 is 15.5 Å². The molecule has 23 heavy (non-hydrogen) atoms. The summed E-state index contributed by atoms with van der Waals surface area (Å²) in [6.07, 6.45) is 1.18. The number of hydrogen-bond acceptors (Lipinski definition) is 3. The molecule has 0 aliphatic carbocycles. The van der Waals surface area contributed by atoms with Crippen LogP contribution in [0.5, 0.6) is 0 Å². The van der Waals surface area contributed by atoms with Crippen LogP contribution in [-0.2, 0) is 20.8 Å². The molecule has 1 fully saturated rings. The lowest BCUT2D eigenvalue weighted by molar-refractivity contribution is -0.126. The van der Waals surface area contributed by atoms with E-state index in [2.05, 4.69) is 17.6 Å². The number of hydrogen-bond donors (Lipinski definition) is 2. The van der Waals surface area contributed by atoms with Gasteiger partial charge in [0, 0.05) is 38.7 Å². The van der Waals surface area contributed by atoms with E-state index in [-0.39, 0.29) is 30.1 Å². The average Bonchev–Trinajstić information content (AvgIpc) is 2.93. The fraction of sp³-hybridized carbons (Fsp3) is 0.471. The Bertz CT molecular complexity index is 583. The van der Waals surface area contributed by atoms with Crippen molar-refractivity contribution in [1.29, 1.82) is 0 Å². The molecule has 1 atom stereocenters. The number of carbonyl (C=O) groups is 3. The molecule has 1 aliphatic heterocycles. The SMILES string of the molecule is CCc1ccc(N2C[C@H](C(=O)NCCNC(C)=O)CC2=O)cc1. The van der Waals surface area contributed by atoms with Gasteiger partial charge in [-0.2, -0.15) is 0 Å². The van der Waals surface area contributed by atoms with Gasteiger partial charge >= 0.3 is 0 Å².